The Morgan fingerprint density at radius 3 is 2.17 bits per heavy atom. The fourth-order valence-electron chi connectivity index (χ4n) is 4.96. The number of hydrogen-bond acceptors (Lipinski definition) is 4. The first kappa shape index (κ1) is 36.8. The Balaban J connectivity index is 1.85. The summed E-state index contributed by atoms with van der Waals surface area (Å²) < 4.78 is 70.2. The lowest BCUT2D eigenvalue weighted by Crippen LogP contribution is -2.53. The minimum atomic E-state index is -4.78. The normalized spacial score (nSPS) is 12.3. The van der Waals surface area contributed by atoms with Crippen molar-refractivity contribution in [1.29, 1.82) is 0 Å². The molecule has 0 aliphatic rings. The van der Waals surface area contributed by atoms with Crippen molar-refractivity contribution in [2.75, 3.05) is 17.4 Å². The lowest BCUT2D eigenvalue weighted by atomic mass is 10.0. The molecule has 2 amide bonds. The fourth-order valence-corrected chi connectivity index (χ4v) is 6.68. The van der Waals surface area contributed by atoms with Crippen LogP contribution in [0.2, 0.25) is 10.0 Å². The number of carbonyl (C=O) groups excluding carboxylic acids is 2. The van der Waals surface area contributed by atoms with Gasteiger partial charge in [0.05, 0.1) is 26.2 Å². The van der Waals surface area contributed by atoms with Crippen molar-refractivity contribution in [2.24, 2.45) is 0 Å². The van der Waals surface area contributed by atoms with Gasteiger partial charge in [0.2, 0.25) is 11.8 Å². The van der Waals surface area contributed by atoms with Gasteiger partial charge in [-0.05, 0) is 66.9 Å². The number of alkyl halides is 3. The third-order valence-corrected chi connectivity index (χ3v) is 10.0. The summed E-state index contributed by atoms with van der Waals surface area (Å²) in [4.78, 5) is 29.2. The first-order chi connectivity index (χ1) is 22.7. The number of aryl methyl sites for hydroxylation is 1. The molecule has 0 spiro atoms. The van der Waals surface area contributed by atoms with Crippen LogP contribution in [0.4, 0.5) is 18.9 Å². The third-order valence-electron chi connectivity index (χ3n) is 7.51. The zero-order chi connectivity index (χ0) is 35.1. The molecule has 1 atom stereocenters. The molecule has 7 nitrogen and oxygen atoms in total. The zero-order valence-corrected chi connectivity index (χ0v) is 28.5. The smallest absolute Gasteiger partial charge is 0.354 e. The maximum absolute atomic E-state index is 14.5. The van der Waals surface area contributed by atoms with Crippen molar-refractivity contribution in [1.82, 2.24) is 10.2 Å². The second kappa shape index (κ2) is 15.9. The summed E-state index contributed by atoms with van der Waals surface area (Å²) in [6.45, 7) is 2.84. The number of halogens is 5. The van der Waals surface area contributed by atoms with Crippen molar-refractivity contribution >= 4 is 50.7 Å². The van der Waals surface area contributed by atoms with Gasteiger partial charge >= 0.3 is 6.18 Å². The Labute approximate surface area is 288 Å². The molecule has 13 heteroatoms. The molecule has 4 rings (SSSR count). The lowest BCUT2D eigenvalue weighted by molar-refractivity contribution is -0.140. The molecule has 0 unspecified atom stereocenters. The van der Waals surface area contributed by atoms with Crippen LogP contribution in [0.25, 0.3) is 0 Å². The first-order valence-electron chi connectivity index (χ1n) is 15.0. The highest BCUT2D eigenvalue weighted by Gasteiger charge is 2.36. The van der Waals surface area contributed by atoms with Crippen molar-refractivity contribution in [3.8, 4) is 0 Å². The molecule has 0 aliphatic heterocycles. The van der Waals surface area contributed by atoms with Crippen LogP contribution in [-0.4, -0.2) is 44.3 Å². The van der Waals surface area contributed by atoms with E-state index in [2.05, 4.69) is 5.32 Å². The third kappa shape index (κ3) is 9.30. The van der Waals surface area contributed by atoms with E-state index in [4.69, 9.17) is 23.2 Å². The molecule has 0 radical (unpaired) electrons. The highest BCUT2D eigenvalue weighted by atomic mass is 35.5. The predicted octanol–water partition coefficient (Wildman–Crippen LogP) is 7.68. The van der Waals surface area contributed by atoms with Gasteiger partial charge in [-0.25, -0.2) is 8.42 Å². The summed E-state index contributed by atoms with van der Waals surface area (Å²) in [7, 11) is -4.59. The van der Waals surface area contributed by atoms with Gasteiger partial charge in [-0.3, -0.25) is 13.9 Å². The van der Waals surface area contributed by atoms with Gasteiger partial charge in [0.1, 0.15) is 12.6 Å². The predicted molar refractivity (Wildman–Crippen MR) is 181 cm³/mol. The van der Waals surface area contributed by atoms with Gasteiger partial charge in [-0.15, -0.1) is 0 Å². The van der Waals surface area contributed by atoms with E-state index >= 15 is 0 Å². The summed E-state index contributed by atoms with van der Waals surface area (Å²) in [5.41, 5.74) is 0.507. The highest BCUT2D eigenvalue weighted by Crippen LogP contribution is 2.34. The van der Waals surface area contributed by atoms with Crippen molar-refractivity contribution < 1.29 is 31.2 Å². The van der Waals surface area contributed by atoms with Crippen molar-refractivity contribution in [2.45, 2.75) is 50.3 Å². The molecule has 0 saturated heterocycles. The number of carbonyl (C=O) groups is 2. The van der Waals surface area contributed by atoms with E-state index < -0.39 is 46.2 Å². The molecule has 254 valence electrons. The van der Waals surface area contributed by atoms with Crippen LogP contribution in [0.5, 0.6) is 0 Å². The number of nitrogens with zero attached hydrogens (tertiary/aromatic N) is 2. The van der Waals surface area contributed by atoms with Crippen LogP contribution in [0.1, 0.15) is 35.6 Å². The Morgan fingerprint density at radius 1 is 0.854 bits per heavy atom. The highest BCUT2D eigenvalue weighted by molar-refractivity contribution is 7.92. The minimum Gasteiger partial charge on any atom is -0.354 e. The molecule has 0 aliphatic carbocycles. The minimum absolute atomic E-state index is 0.0672. The van der Waals surface area contributed by atoms with Crippen LogP contribution < -0.4 is 9.62 Å². The number of sulfonamides is 1. The van der Waals surface area contributed by atoms with E-state index in [0.717, 1.165) is 23.3 Å². The van der Waals surface area contributed by atoms with Gasteiger partial charge in [0.15, 0.2) is 0 Å². The molecule has 1 N–H and O–H groups in total. The molecule has 0 heterocycles. The number of nitrogens with one attached hydrogen (secondary N) is 1. The van der Waals surface area contributed by atoms with E-state index in [9.17, 15) is 31.2 Å². The molecule has 4 aromatic rings. The Morgan fingerprint density at radius 2 is 1.54 bits per heavy atom. The SMILES string of the molecule is CCCNC(=O)[C@H](Cc1ccccc1)N(Cc1ccc(Cl)c(Cl)c1)C(=O)CN(c1cccc(C(F)(F)F)c1)S(=O)(=O)c1ccc(C)cc1. The summed E-state index contributed by atoms with van der Waals surface area (Å²) >= 11 is 12.4. The number of benzene rings is 4. The summed E-state index contributed by atoms with van der Waals surface area (Å²) in [5, 5.41) is 3.29. The van der Waals surface area contributed by atoms with Crippen molar-refractivity contribution in [3.63, 3.8) is 0 Å². The fraction of sp³-hybridized carbons (Fsp3) is 0.257. The summed E-state index contributed by atoms with van der Waals surface area (Å²) in [6, 6.07) is 22.0. The molecule has 4 aromatic carbocycles. The second-order valence-corrected chi connectivity index (χ2v) is 13.8. The molecule has 0 fully saturated rings. The molecular formula is C35H34Cl2F3N3O4S. The Bertz CT molecular complexity index is 1840. The van der Waals surface area contributed by atoms with Crippen LogP contribution in [0.3, 0.4) is 0 Å². The number of amides is 2. The summed E-state index contributed by atoms with van der Waals surface area (Å²) in [5.74, 6) is -1.32. The average molecular weight is 721 g/mol. The maximum atomic E-state index is 14.5. The average Bonchev–Trinajstić information content (AvgIpc) is 3.05. The van der Waals surface area contributed by atoms with Crippen molar-refractivity contribution in [3.05, 3.63) is 129 Å². The standard InChI is InChI=1S/C35H34Cl2F3N3O4S/c1-3-18-41-34(45)32(20-25-8-5-4-6-9-25)42(22-26-14-17-30(36)31(37)19-26)33(44)23-43(28-11-7-10-27(21-28)35(38,39)40)48(46,47)29-15-12-24(2)13-16-29/h4-17,19,21,32H,3,18,20,22-23H2,1-2H3,(H,41,45)/t32-/m0/s1. The molecule has 48 heavy (non-hydrogen) atoms. The van der Waals surface area contributed by atoms with Gasteiger partial charge in [-0.2, -0.15) is 13.2 Å². The van der Waals surface area contributed by atoms with Gasteiger partial charge in [0.25, 0.3) is 10.0 Å². The molecular weight excluding hydrogens is 686 g/mol. The maximum Gasteiger partial charge on any atom is 0.416 e. The number of anilines is 1. The Hall–Kier alpha value is -4.06. The first-order valence-corrected chi connectivity index (χ1v) is 17.2. The van der Waals surface area contributed by atoms with Crippen LogP contribution >= 0.6 is 23.2 Å². The summed E-state index contributed by atoms with van der Waals surface area (Å²) in [6.07, 6.45) is -4.10. The quantitative estimate of drug-likeness (QED) is 0.154. The number of rotatable bonds is 13. The molecule has 0 saturated carbocycles. The zero-order valence-electron chi connectivity index (χ0n) is 26.2. The van der Waals surface area contributed by atoms with Gasteiger partial charge in [0, 0.05) is 19.5 Å². The monoisotopic (exact) mass is 719 g/mol. The molecule has 0 aromatic heterocycles. The van der Waals surface area contributed by atoms with E-state index in [-0.39, 0.29) is 33.6 Å². The van der Waals surface area contributed by atoms with E-state index in [1.165, 1.54) is 35.2 Å². The van der Waals surface area contributed by atoms with E-state index in [1.54, 1.807) is 55.5 Å². The second-order valence-electron chi connectivity index (χ2n) is 11.1. The van der Waals surface area contributed by atoms with Crippen LogP contribution in [0.15, 0.2) is 102 Å². The van der Waals surface area contributed by atoms with Gasteiger partial charge in [-0.1, -0.05) is 90.3 Å². The van der Waals surface area contributed by atoms with Crippen LogP contribution in [0, 0.1) is 6.92 Å². The lowest BCUT2D eigenvalue weighted by Gasteiger charge is -2.34. The Kier molecular flexibility index (Phi) is 12.2. The van der Waals surface area contributed by atoms with Gasteiger partial charge < -0.3 is 10.2 Å². The largest absolute Gasteiger partial charge is 0.416 e. The van der Waals surface area contributed by atoms with E-state index in [0.29, 0.717) is 28.9 Å². The molecule has 0 bridgehead atoms. The van der Waals surface area contributed by atoms with Crippen LogP contribution in [-0.2, 0) is 38.8 Å². The number of hydrogen-bond donors (Lipinski definition) is 1. The topological polar surface area (TPSA) is 86.8 Å². The van der Waals surface area contributed by atoms with E-state index in [1.807, 2.05) is 6.92 Å².